The van der Waals surface area contributed by atoms with E-state index >= 15 is 0 Å². The molecule has 3 aromatic rings. The highest BCUT2D eigenvalue weighted by Gasteiger charge is 2.29. The molecule has 0 bridgehead atoms. The van der Waals surface area contributed by atoms with Crippen LogP contribution in [0.5, 0.6) is 0 Å². The summed E-state index contributed by atoms with van der Waals surface area (Å²) in [6.45, 7) is 1.26. The van der Waals surface area contributed by atoms with E-state index in [1.165, 1.54) is 17.4 Å². The smallest absolute Gasteiger partial charge is 0.263 e. The van der Waals surface area contributed by atoms with Gasteiger partial charge in [-0.1, -0.05) is 18.2 Å². The lowest BCUT2D eigenvalue weighted by Gasteiger charge is -2.30. The first kappa shape index (κ1) is 16.0. The molecule has 0 aliphatic carbocycles. The van der Waals surface area contributed by atoms with E-state index < -0.39 is 5.82 Å². The summed E-state index contributed by atoms with van der Waals surface area (Å²) in [6.07, 6.45) is 1.74. The standard InChI is InChI=1S/C18H16FN3O2S/c19-14-7-2-1-6-13(14)17-21-20-16(24-17)12-5-3-9-22(11-12)18(23)15-8-4-10-25-15/h1-2,4,6-8,10,12H,3,5,9,11H2/t12-/m1/s1. The number of benzene rings is 1. The lowest BCUT2D eigenvalue weighted by Crippen LogP contribution is -2.38. The van der Waals surface area contributed by atoms with Crippen LogP contribution < -0.4 is 0 Å². The second-order valence-electron chi connectivity index (χ2n) is 5.99. The van der Waals surface area contributed by atoms with Crippen molar-refractivity contribution in [3.05, 3.63) is 58.4 Å². The predicted molar refractivity (Wildman–Crippen MR) is 91.9 cm³/mol. The summed E-state index contributed by atoms with van der Waals surface area (Å²) in [5.41, 5.74) is 0.295. The number of likely N-dealkylation sites (tertiary alicyclic amines) is 1. The Bertz CT molecular complexity index is 878. The van der Waals surface area contributed by atoms with Crippen molar-refractivity contribution in [2.24, 2.45) is 0 Å². The van der Waals surface area contributed by atoms with Crippen LogP contribution in [0.4, 0.5) is 4.39 Å². The Balaban J connectivity index is 1.52. The van der Waals surface area contributed by atoms with Gasteiger partial charge in [0.25, 0.3) is 11.8 Å². The molecule has 7 heteroatoms. The quantitative estimate of drug-likeness (QED) is 0.712. The van der Waals surface area contributed by atoms with Crippen LogP contribution in [0.1, 0.15) is 34.3 Å². The average molecular weight is 357 g/mol. The topological polar surface area (TPSA) is 59.2 Å². The number of nitrogens with zero attached hydrogens (tertiary/aromatic N) is 3. The minimum atomic E-state index is -0.393. The highest BCUT2D eigenvalue weighted by atomic mass is 32.1. The maximum atomic E-state index is 13.9. The summed E-state index contributed by atoms with van der Waals surface area (Å²) in [7, 11) is 0. The largest absolute Gasteiger partial charge is 0.420 e. The molecule has 1 atom stereocenters. The number of carbonyl (C=O) groups excluding carboxylic acids is 1. The van der Waals surface area contributed by atoms with Gasteiger partial charge in [0.2, 0.25) is 5.89 Å². The lowest BCUT2D eigenvalue weighted by atomic mass is 9.98. The molecule has 1 saturated heterocycles. The van der Waals surface area contributed by atoms with E-state index in [4.69, 9.17) is 4.42 Å². The number of thiophene rings is 1. The summed E-state index contributed by atoms with van der Waals surface area (Å²) in [4.78, 5) is 15.1. The van der Waals surface area contributed by atoms with Crippen LogP contribution in [0.25, 0.3) is 11.5 Å². The van der Waals surface area contributed by atoms with Crippen molar-refractivity contribution in [2.45, 2.75) is 18.8 Å². The van der Waals surface area contributed by atoms with Gasteiger partial charge < -0.3 is 9.32 Å². The Kier molecular flexibility index (Phi) is 4.31. The van der Waals surface area contributed by atoms with E-state index in [0.717, 1.165) is 24.3 Å². The molecule has 0 N–H and O–H groups in total. The molecule has 0 saturated carbocycles. The van der Waals surface area contributed by atoms with Crippen LogP contribution in [0.2, 0.25) is 0 Å². The van der Waals surface area contributed by atoms with Crippen LogP contribution in [-0.2, 0) is 0 Å². The van der Waals surface area contributed by atoms with E-state index in [9.17, 15) is 9.18 Å². The second kappa shape index (κ2) is 6.76. The predicted octanol–water partition coefficient (Wildman–Crippen LogP) is 3.96. The molecule has 1 aliphatic rings. The highest BCUT2D eigenvalue weighted by Crippen LogP contribution is 2.30. The van der Waals surface area contributed by atoms with E-state index in [1.807, 2.05) is 22.4 Å². The Hall–Kier alpha value is -2.54. The molecular weight excluding hydrogens is 341 g/mol. The summed E-state index contributed by atoms with van der Waals surface area (Å²) >= 11 is 1.44. The van der Waals surface area contributed by atoms with Gasteiger partial charge in [-0.3, -0.25) is 4.79 Å². The lowest BCUT2D eigenvalue weighted by molar-refractivity contribution is 0.0703. The number of halogens is 1. The third-order valence-corrected chi connectivity index (χ3v) is 5.19. The van der Waals surface area contributed by atoms with Crippen LogP contribution in [-0.4, -0.2) is 34.1 Å². The van der Waals surface area contributed by atoms with Gasteiger partial charge in [0.05, 0.1) is 16.4 Å². The Labute approximate surface area is 148 Å². The molecule has 0 radical (unpaired) electrons. The fourth-order valence-corrected chi connectivity index (χ4v) is 3.75. The van der Waals surface area contributed by atoms with E-state index in [1.54, 1.807) is 18.2 Å². The number of piperidine rings is 1. The molecule has 0 spiro atoms. The second-order valence-corrected chi connectivity index (χ2v) is 6.94. The molecule has 1 aliphatic heterocycles. The number of carbonyl (C=O) groups is 1. The molecule has 2 aromatic heterocycles. The Morgan fingerprint density at radius 1 is 1.24 bits per heavy atom. The number of amides is 1. The van der Waals surface area contributed by atoms with Crippen molar-refractivity contribution in [3.63, 3.8) is 0 Å². The number of hydrogen-bond acceptors (Lipinski definition) is 5. The van der Waals surface area contributed by atoms with Crippen molar-refractivity contribution < 1.29 is 13.6 Å². The zero-order valence-electron chi connectivity index (χ0n) is 13.4. The third kappa shape index (κ3) is 3.19. The summed E-state index contributed by atoms with van der Waals surface area (Å²) in [5, 5.41) is 9.98. The summed E-state index contributed by atoms with van der Waals surface area (Å²) < 4.78 is 19.6. The molecule has 128 valence electrons. The molecule has 0 unspecified atom stereocenters. The molecule has 5 nitrogen and oxygen atoms in total. The van der Waals surface area contributed by atoms with Gasteiger partial charge in [0.15, 0.2) is 0 Å². The van der Waals surface area contributed by atoms with Gasteiger partial charge >= 0.3 is 0 Å². The molecular formula is C18H16FN3O2S. The number of hydrogen-bond donors (Lipinski definition) is 0. The van der Waals surface area contributed by atoms with Gasteiger partial charge in [-0.15, -0.1) is 21.5 Å². The SMILES string of the molecule is O=C(c1cccs1)N1CCC[C@@H](c2nnc(-c3ccccc3F)o2)C1. The van der Waals surface area contributed by atoms with Gasteiger partial charge in [-0.25, -0.2) is 4.39 Å². The first-order valence-corrected chi connectivity index (χ1v) is 9.01. The average Bonchev–Trinajstić information content (AvgIpc) is 3.34. The van der Waals surface area contributed by atoms with E-state index in [2.05, 4.69) is 10.2 Å². The van der Waals surface area contributed by atoms with E-state index in [-0.39, 0.29) is 17.7 Å². The zero-order chi connectivity index (χ0) is 17.2. The van der Waals surface area contributed by atoms with Crippen LogP contribution in [0.3, 0.4) is 0 Å². The monoisotopic (exact) mass is 357 g/mol. The summed E-state index contributed by atoms with van der Waals surface area (Å²) in [5.74, 6) is 0.256. The Morgan fingerprint density at radius 3 is 2.92 bits per heavy atom. The first-order valence-electron chi connectivity index (χ1n) is 8.13. The minimum absolute atomic E-state index is 0.0225. The number of aromatic nitrogens is 2. The third-order valence-electron chi connectivity index (χ3n) is 4.33. The highest BCUT2D eigenvalue weighted by molar-refractivity contribution is 7.12. The van der Waals surface area contributed by atoms with Crippen molar-refractivity contribution in [1.29, 1.82) is 0 Å². The van der Waals surface area contributed by atoms with Crippen molar-refractivity contribution in [2.75, 3.05) is 13.1 Å². The van der Waals surface area contributed by atoms with Crippen molar-refractivity contribution >= 4 is 17.2 Å². The maximum absolute atomic E-state index is 13.9. The molecule has 1 aromatic carbocycles. The van der Waals surface area contributed by atoms with Crippen molar-refractivity contribution in [3.8, 4) is 11.5 Å². The van der Waals surface area contributed by atoms with Gasteiger partial charge in [-0.05, 0) is 36.4 Å². The fourth-order valence-electron chi connectivity index (χ4n) is 3.06. The van der Waals surface area contributed by atoms with Crippen LogP contribution >= 0.6 is 11.3 Å². The van der Waals surface area contributed by atoms with Crippen molar-refractivity contribution in [1.82, 2.24) is 15.1 Å². The normalized spacial score (nSPS) is 17.6. The van der Waals surface area contributed by atoms with Crippen LogP contribution in [0.15, 0.2) is 46.2 Å². The van der Waals surface area contributed by atoms with Gasteiger partial charge in [0, 0.05) is 13.1 Å². The molecule has 25 heavy (non-hydrogen) atoms. The molecule has 3 heterocycles. The molecule has 1 fully saturated rings. The zero-order valence-corrected chi connectivity index (χ0v) is 14.2. The van der Waals surface area contributed by atoms with Gasteiger partial charge in [-0.2, -0.15) is 0 Å². The first-order chi connectivity index (χ1) is 12.2. The number of rotatable bonds is 3. The summed E-state index contributed by atoms with van der Waals surface area (Å²) in [6, 6.07) is 10.0. The van der Waals surface area contributed by atoms with Crippen LogP contribution in [0, 0.1) is 5.82 Å². The van der Waals surface area contributed by atoms with Gasteiger partial charge in [0.1, 0.15) is 5.82 Å². The van der Waals surface area contributed by atoms with E-state index in [0.29, 0.717) is 18.0 Å². The maximum Gasteiger partial charge on any atom is 0.263 e. The molecule has 1 amide bonds. The fraction of sp³-hybridized carbons (Fsp3) is 0.278. The molecule has 4 rings (SSSR count). The minimum Gasteiger partial charge on any atom is -0.420 e. The Morgan fingerprint density at radius 2 is 2.12 bits per heavy atom.